The molecule has 0 amide bonds. The molecule has 0 radical (unpaired) electrons. The molecule has 0 bridgehead atoms. The summed E-state index contributed by atoms with van der Waals surface area (Å²) in [5.41, 5.74) is 9.24. The van der Waals surface area contributed by atoms with Crippen molar-refractivity contribution in [1.82, 2.24) is 0 Å². The zero-order valence-corrected chi connectivity index (χ0v) is 23.8. The number of carboxylic acids is 1. The van der Waals surface area contributed by atoms with E-state index in [1.54, 1.807) is 6.07 Å². The van der Waals surface area contributed by atoms with Crippen molar-refractivity contribution < 1.29 is 28.8 Å². The number of hydrogen-bond acceptors (Lipinski definition) is 3. The molecule has 0 atom stereocenters. The average Bonchev–Trinajstić information content (AvgIpc) is 3.19. The van der Waals surface area contributed by atoms with Crippen LogP contribution in [0, 0.1) is 0 Å². The van der Waals surface area contributed by atoms with Gasteiger partial charge >= 0.3 is 13.6 Å². The van der Waals surface area contributed by atoms with Crippen LogP contribution in [0.5, 0.6) is 0 Å². The number of allylic oxidation sites excluding steroid dienone is 1. The molecule has 202 valence electrons. The molecule has 2 heterocycles. The van der Waals surface area contributed by atoms with Crippen LogP contribution in [0.4, 0.5) is 11.4 Å². The van der Waals surface area contributed by atoms with E-state index in [0.717, 1.165) is 47.7 Å². The second kappa shape index (κ2) is 10.3. The predicted octanol–water partition coefficient (Wildman–Crippen LogP) is 5.37. The number of hydrogen-bond donors (Lipinski definition) is 3. The van der Waals surface area contributed by atoms with Gasteiger partial charge in [-0.1, -0.05) is 30.4 Å². The first-order chi connectivity index (χ1) is 17.8. The van der Waals surface area contributed by atoms with Crippen LogP contribution < -0.4 is 10.2 Å². The van der Waals surface area contributed by atoms with Crippen molar-refractivity contribution in [3.05, 3.63) is 71.1 Å². The Balaban J connectivity index is 1.76. The number of nitrogens with zero attached hydrogens (tertiary/aromatic N) is 2. The first kappa shape index (κ1) is 28.1. The standard InChI is InChI=1S/C30H37N2O5P/c1-6-31-25-16-15-21(38(35,36)37)20-23(25)30(4,5)26(31)17-18-27-29(2,3)22-12-9-10-13-24(22)32(27)19-11-7-8-14-28(33)34/h9-10,12-13,15-17,20H,6-8,11,14,19H2,1-5H3,(H2-,33,34,35,36,37)/p+1. The smallest absolute Gasteiger partial charge is 0.356 e. The maximum atomic E-state index is 12.0. The van der Waals surface area contributed by atoms with Crippen molar-refractivity contribution in [2.75, 3.05) is 18.0 Å². The van der Waals surface area contributed by atoms with Gasteiger partial charge in [0.15, 0.2) is 5.71 Å². The Hall–Kier alpha value is -2.95. The first-order valence-corrected chi connectivity index (χ1v) is 14.8. The van der Waals surface area contributed by atoms with E-state index in [9.17, 15) is 19.1 Å². The number of carbonyl (C=O) groups is 1. The molecule has 0 saturated carbocycles. The molecule has 2 aromatic rings. The summed E-state index contributed by atoms with van der Waals surface area (Å²) in [5.74, 6) is -0.758. The molecule has 0 spiro atoms. The molecule has 4 rings (SSSR count). The van der Waals surface area contributed by atoms with Gasteiger partial charge in [0, 0.05) is 35.7 Å². The summed E-state index contributed by atoms with van der Waals surface area (Å²) < 4.78 is 14.2. The summed E-state index contributed by atoms with van der Waals surface area (Å²) in [7, 11) is -4.36. The van der Waals surface area contributed by atoms with Crippen molar-refractivity contribution in [1.29, 1.82) is 0 Å². The van der Waals surface area contributed by atoms with E-state index in [0.29, 0.717) is 13.0 Å². The third kappa shape index (κ3) is 5.04. The summed E-state index contributed by atoms with van der Waals surface area (Å²) in [5, 5.41) is 9.00. The lowest BCUT2D eigenvalue weighted by molar-refractivity contribution is -0.433. The molecule has 38 heavy (non-hydrogen) atoms. The van der Waals surface area contributed by atoms with Crippen LogP contribution in [-0.4, -0.2) is 44.2 Å². The Morgan fingerprint density at radius 2 is 1.74 bits per heavy atom. The lowest BCUT2D eigenvalue weighted by Gasteiger charge is -2.25. The van der Waals surface area contributed by atoms with Crippen LogP contribution in [0.25, 0.3) is 0 Å². The molecule has 0 unspecified atom stereocenters. The van der Waals surface area contributed by atoms with E-state index in [-0.39, 0.29) is 17.1 Å². The monoisotopic (exact) mass is 537 g/mol. The molecule has 2 aromatic carbocycles. The van der Waals surface area contributed by atoms with Gasteiger partial charge in [-0.15, -0.1) is 0 Å². The SMILES string of the molecule is CC[N+]1=C(C=C=C2N(CCCCCC(=O)O)c3ccccc3C2(C)C)C(C)(C)c2cc(P(=O)(O)O)ccc21. The maximum absolute atomic E-state index is 12.0. The second-order valence-corrected chi connectivity index (χ2v) is 12.7. The van der Waals surface area contributed by atoms with Gasteiger partial charge in [-0.05, 0) is 71.2 Å². The minimum Gasteiger partial charge on any atom is -0.481 e. The Bertz CT molecular complexity index is 1410. The van der Waals surface area contributed by atoms with Crippen LogP contribution in [0.2, 0.25) is 0 Å². The first-order valence-electron chi connectivity index (χ1n) is 13.2. The van der Waals surface area contributed by atoms with Crippen molar-refractivity contribution >= 4 is 36.0 Å². The van der Waals surface area contributed by atoms with Gasteiger partial charge < -0.3 is 19.8 Å². The van der Waals surface area contributed by atoms with Crippen molar-refractivity contribution in [2.24, 2.45) is 0 Å². The van der Waals surface area contributed by atoms with Crippen LogP contribution in [0.15, 0.2) is 60.0 Å². The highest BCUT2D eigenvalue weighted by molar-refractivity contribution is 7.60. The normalized spacial score (nSPS) is 17.3. The molecule has 0 fully saturated rings. The highest BCUT2D eigenvalue weighted by Gasteiger charge is 2.45. The van der Waals surface area contributed by atoms with Gasteiger partial charge in [0.1, 0.15) is 6.54 Å². The zero-order chi connectivity index (χ0) is 27.9. The van der Waals surface area contributed by atoms with Gasteiger partial charge in [0.2, 0.25) is 5.69 Å². The van der Waals surface area contributed by atoms with E-state index < -0.39 is 19.0 Å². The Kier molecular flexibility index (Phi) is 7.62. The summed E-state index contributed by atoms with van der Waals surface area (Å²) in [6.45, 7) is 12.1. The predicted molar refractivity (Wildman–Crippen MR) is 151 cm³/mol. The molecule has 3 N–H and O–H groups in total. The molecule has 0 saturated heterocycles. The number of unbranched alkanes of at least 4 members (excludes halogenated alkanes) is 2. The fourth-order valence-corrected chi connectivity index (χ4v) is 6.38. The summed E-state index contributed by atoms with van der Waals surface area (Å²) in [6.07, 6.45) is 4.61. The van der Waals surface area contributed by atoms with E-state index >= 15 is 0 Å². The number of anilines is 1. The summed E-state index contributed by atoms with van der Waals surface area (Å²) in [6, 6.07) is 13.4. The second-order valence-electron chi connectivity index (χ2n) is 11.1. The molecule has 2 aliphatic heterocycles. The van der Waals surface area contributed by atoms with Crippen LogP contribution in [-0.2, 0) is 20.2 Å². The lowest BCUT2D eigenvalue weighted by Crippen LogP contribution is -2.29. The summed E-state index contributed by atoms with van der Waals surface area (Å²) in [4.78, 5) is 32.7. The Labute approximate surface area is 225 Å². The Morgan fingerprint density at radius 1 is 1.03 bits per heavy atom. The van der Waals surface area contributed by atoms with Crippen molar-refractivity contribution in [3.8, 4) is 0 Å². The topological polar surface area (TPSA) is 101 Å². The minimum atomic E-state index is -4.36. The van der Waals surface area contributed by atoms with Crippen LogP contribution in [0.1, 0.15) is 71.4 Å². The average molecular weight is 538 g/mol. The number of aliphatic carboxylic acids is 1. The zero-order valence-electron chi connectivity index (χ0n) is 22.9. The summed E-state index contributed by atoms with van der Waals surface area (Å²) >= 11 is 0. The Morgan fingerprint density at radius 3 is 2.39 bits per heavy atom. The molecule has 0 aliphatic carbocycles. The van der Waals surface area contributed by atoms with Gasteiger partial charge in [-0.25, -0.2) is 0 Å². The third-order valence-electron chi connectivity index (χ3n) is 7.88. The third-order valence-corrected chi connectivity index (χ3v) is 8.83. The van der Waals surface area contributed by atoms with E-state index in [4.69, 9.17) is 5.11 Å². The fourth-order valence-electron chi connectivity index (χ4n) is 5.82. The van der Waals surface area contributed by atoms with Crippen molar-refractivity contribution in [3.63, 3.8) is 0 Å². The van der Waals surface area contributed by atoms with Gasteiger partial charge in [0.05, 0.1) is 22.5 Å². The quantitative estimate of drug-likeness (QED) is 0.172. The van der Waals surface area contributed by atoms with E-state index in [1.165, 1.54) is 11.6 Å². The fraction of sp³-hybridized carbons (Fsp3) is 0.433. The number of fused-ring (bicyclic) bond motifs is 2. The lowest BCUT2D eigenvalue weighted by atomic mass is 9.81. The van der Waals surface area contributed by atoms with Crippen LogP contribution in [0.3, 0.4) is 0 Å². The number of rotatable bonds is 9. The molecule has 8 heteroatoms. The number of para-hydroxylation sites is 1. The largest absolute Gasteiger partial charge is 0.481 e. The van der Waals surface area contributed by atoms with Gasteiger partial charge in [0.25, 0.3) is 0 Å². The number of carboxylic acid groups (broad SMARTS) is 1. The van der Waals surface area contributed by atoms with E-state index in [2.05, 4.69) is 68.0 Å². The van der Waals surface area contributed by atoms with E-state index in [1.807, 2.05) is 18.2 Å². The van der Waals surface area contributed by atoms with Crippen LogP contribution >= 0.6 is 7.60 Å². The molecule has 2 aliphatic rings. The maximum Gasteiger partial charge on any atom is 0.356 e. The molecule has 0 aromatic heterocycles. The van der Waals surface area contributed by atoms with Gasteiger partial charge in [-0.2, -0.15) is 4.58 Å². The minimum absolute atomic E-state index is 0.0328. The molecular formula is C30H38N2O5P+. The van der Waals surface area contributed by atoms with Gasteiger partial charge in [-0.3, -0.25) is 9.36 Å². The number of benzene rings is 2. The highest BCUT2D eigenvalue weighted by atomic mass is 31.2. The molecular weight excluding hydrogens is 499 g/mol. The molecule has 7 nitrogen and oxygen atoms in total. The van der Waals surface area contributed by atoms with Crippen molar-refractivity contribution in [2.45, 2.75) is 71.1 Å². The highest BCUT2D eigenvalue weighted by Crippen LogP contribution is 2.48.